The van der Waals surface area contributed by atoms with Crippen molar-refractivity contribution in [3.05, 3.63) is 35.9 Å². The molecule has 1 aromatic rings. The van der Waals surface area contributed by atoms with Crippen LogP contribution in [0.3, 0.4) is 0 Å². The monoisotopic (exact) mass is 388 g/mol. The van der Waals surface area contributed by atoms with Crippen molar-refractivity contribution in [3.8, 4) is 0 Å². The van der Waals surface area contributed by atoms with Crippen LogP contribution in [0, 0.1) is 0 Å². The quantitative estimate of drug-likeness (QED) is 0.699. The van der Waals surface area contributed by atoms with E-state index < -0.39 is 18.9 Å². The number of benzene rings is 1. The Hall–Kier alpha value is -0.0613. The summed E-state index contributed by atoms with van der Waals surface area (Å²) in [6.45, 7) is 10.4. The molecule has 0 saturated heterocycles. The normalized spacial score (nSPS) is 12.2. The summed E-state index contributed by atoms with van der Waals surface area (Å²) in [5, 5.41) is 0. The van der Waals surface area contributed by atoms with E-state index in [9.17, 15) is 0 Å². The van der Waals surface area contributed by atoms with Crippen LogP contribution in [0.15, 0.2) is 30.3 Å². The number of hydrogen-bond acceptors (Lipinski definition) is 2. The molecule has 0 aliphatic rings. The van der Waals surface area contributed by atoms with Crippen molar-refractivity contribution in [2.45, 2.75) is 43.5 Å². The SMILES string of the molecule is CC.CC.C[CH](c1ccccc1)[Sn]([CH3])([N](C)C)[N](C)C. The van der Waals surface area contributed by atoms with Crippen molar-refractivity contribution in [1.82, 2.24) is 6.24 Å². The molecule has 0 saturated carbocycles. The summed E-state index contributed by atoms with van der Waals surface area (Å²) < 4.78 is 5.65. The zero-order valence-corrected chi connectivity index (χ0v) is 18.2. The zero-order chi connectivity index (χ0) is 16.3. The van der Waals surface area contributed by atoms with Gasteiger partial charge in [0, 0.05) is 0 Å². The first-order valence-corrected chi connectivity index (χ1v) is 14.9. The topological polar surface area (TPSA) is 6.48 Å². The molecule has 118 valence electrons. The van der Waals surface area contributed by atoms with Crippen LogP contribution in [0.5, 0.6) is 0 Å². The van der Waals surface area contributed by atoms with Gasteiger partial charge in [0.2, 0.25) is 0 Å². The predicted octanol–water partition coefficient (Wildman–Crippen LogP) is 4.58. The molecule has 0 spiro atoms. The van der Waals surface area contributed by atoms with Crippen molar-refractivity contribution in [2.24, 2.45) is 0 Å². The molecule has 0 N–H and O–H groups in total. The summed E-state index contributed by atoms with van der Waals surface area (Å²) in [6, 6.07) is 10.9. The molecule has 0 radical (unpaired) electrons. The van der Waals surface area contributed by atoms with Crippen molar-refractivity contribution in [1.29, 1.82) is 0 Å². The molecular formula is C17H36N2Sn. The minimum absolute atomic E-state index is 0.667. The van der Waals surface area contributed by atoms with E-state index in [0.717, 1.165) is 0 Å². The summed E-state index contributed by atoms with van der Waals surface area (Å²) in [5.74, 6) is 0. The second-order valence-corrected chi connectivity index (χ2v) is 18.8. The number of nitrogens with zero attached hydrogens (tertiary/aromatic N) is 2. The van der Waals surface area contributed by atoms with Crippen LogP contribution in [-0.2, 0) is 0 Å². The molecule has 0 aromatic heterocycles. The Morgan fingerprint density at radius 2 is 1.15 bits per heavy atom. The third kappa shape index (κ3) is 5.74. The summed E-state index contributed by atoms with van der Waals surface area (Å²) in [6.07, 6.45) is 0. The molecule has 20 heavy (non-hydrogen) atoms. The molecule has 0 aliphatic carbocycles. The molecule has 1 rings (SSSR count). The van der Waals surface area contributed by atoms with E-state index in [1.165, 1.54) is 5.56 Å². The molecule has 1 atom stereocenters. The van der Waals surface area contributed by atoms with Gasteiger partial charge < -0.3 is 0 Å². The van der Waals surface area contributed by atoms with Crippen molar-refractivity contribution >= 4 is 18.9 Å². The van der Waals surface area contributed by atoms with Gasteiger partial charge in [0.05, 0.1) is 0 Å². The first-order valence-electron chi connectivity index (χ1n) is 7.80. The first kappa shape index (κ1) is 22.2. The van der Waals surface area contributed by atoms with Crippen LogP contribution in [-0.4, -0.2) is 53.4 Å². The average Bonchev–Trinajstić information content (AvgIpc) is 2.50. The minimum atomic E-state index is -2.41. The Morgan fingerprint density at radius 1 is 0.800 bits per heavy atom. The average molecular weight is 387 g/mol. The maximum absolute atomic E-state index is 2.49. The third-order valence-electron chi connectivity index (χ3n) is 3.93. The molecule has 0 bridgehead atoms. The number of rotatable bonds is 4. The molecule has 1 aromatic carbocycles. The molecule has 3 heteroatoms. The molecule has 0 fully saturated rings. The van der Waals surface area contributed by atoms with Gasteiger partial charge in [-0.15, -0.1) is 0 Å². The van der Waals surface area contributed by atoms with Crippen LogP contribution in [0.25, 0.3) is 0 Å². The van der Waals surface area contributed by atoms with E-state index in [4.69, 9.17) is 0 Å². The Morgan fingerprint density at radius 3 is 1.45 bits per heavy atom. The Bertz CT molecular complexity index is 315. The Balaban J connectivity index is 0. The summed E-state index contributed by atoms with van der Waals surface area (Å²) >= 11 is -2.41. The van der Waals surface area contributed by atoms with Crippen LogP contribution in [0.4, 0.5) is 0 Å². The third-order valence-corrected chi connectivity index (χ3v) is 19.9. The van der Waals surface area contributed by atoms with E-state index in [1.807, 2.05) is 27.7 Å². The summed E-state index contributed by atoms with van der Waals surface area (Å²) in [4.78, 5) is 2.49. The predicted molar refractivity (Wildman–Crippen MR) is 96.5 cm³/mol. The van der Waals surface area contributed by atoms with E-state index >= 15 is 0 Å². The van der Waals surface area contributed by atoms with Gasteiger partial charge in [-0.25, -0.2) is 0 Å². The molecule has 0 heterocycles. The standard InChI is InChI=1S/C8H9.2C2H6N.2C2H6.CH3.Sn/c1-2-8-6-4-3-5-7-8;2*1-3-2;2*1-2;;/h2-7H,1H3;2*1-2H3;2*1-2H3;1H3;/q;2*-1;;;;+2. The molecule has 1 unspecified atom stereocenters. The van der Waals surface area contributed by atoms with Crippen LogP contribution in [0.2, 0.25) is 4.94 Å². The van der Waals surface area contributed by atoms with Gasteiger partial charge in [-0.2, -0.15) is 0 Å². The first-order chi connectivity index (χ1) is 9.40. The van der Waals surface area contributed by atoms with Gasteiger partial charge >= 0.3 is 105 Å². The van der Waals surface area contributed by atoms with Crippen molar-refractivity contribution in [3.63, 3.8) is 0 Å². The molecule has 0 aliphatic heterocycles. The van der Waals surface area contributed by atoms with Gasteiger partial charge in [0.15, 0.2) is 0 Å². The van der Waals surface area contributed by atoms with Crippen LogP contribution in [0.1, 0.15) is 44.1 Å². The Labute approximate surface area is 132 Å². The fourth-order valence-electron chi connectivity index (χ4n) is 2.23. The van der Waals surface area contributed by atoms with Gasteiger partial charge in [-0.05, 0) is 0 Å². The molecule has 0 amide bonds. The van der Waals surface area contributed by atoms with Gasteiger partial charge in [0.25, 0.3) is 0 Å². The summed E-state index contributed by atoms with van der Waals surface area (Å²) in [5.41, 5.74) is 1.48. The molecule has 2 nitrogen and oxygen atoms in total. The van der Waals surface area contributed by atoms with Crippen molar-refractivity contribution in [2.75, 3.05) is 28.2 Å². The van der Waals surface area contributed by atoms with E-state index in [2.05, 4.69) is 76.6 Å². The Kier molecular flexibility index (Phi) is 12.9. The van der Waals surface area contributed by atoms with Crippen LogP contribution >= 0.6 is 0 Å². The maximum atomic E-state index is 2.49. The van der Waals surface area contributed by atoms with Crippen LogP contribution < -0.4 is 0 Å². The molecular weight excluding hydrogens is 351 g/mol. The zero-order valence-electron chi connectivity index (χ0n) is 15.4. The van der Waals surface area contributed by atoms with Gasteiger partial charge in [0.1, 0.15) is 0 Å². The number of hydrogen-bond donors (Lipinski definition) is 0. The van der Waals surface area contributed by atoms with E-state index in [0.29, 0.717) is 3.93 Å². The summed E-state index contributed by atoms with van der Waals surface area (Å²) in [7, 11) is 8.93. The van der Waals surface area contributed by atoms with Gasteiger partial charge in [-0.3, -0.25) is 0 Å². The second-order valence-electron chi connectivity index (χ2n) is 5.02. The van der Waals surface area contributed by atoms with E-state index in [1.54, 1.807) is 0 Å². The van der Waals surface area contributed by atoms with E-state index in [-0.39, 0.29) is 0 Å². The van der Waals surface area contributed by atoms with Crippen molar-refractivity contribution < 1.29 is 0 Å². The fraction of sp³-hybridized carbons (Fsp3) is 0.647. The second kappa shape index (κ2) is 11.6. The fourth-order valence-corrected chi connectivity index (χ4v) is 11.3. The van der Waals surface area contributed by atoms with Gasteiger partial charge in [-0.1, -0.05) is 27.7 Å².